The molecule has 1 aliphatic heterocycles. The number of carbonyl (C=O) groups is 1. The van der Waals surface area contributed by atoms with Crippen LogP contribution in [0.5, 0.6) is 5.75 Å². The number of thioether (sulfide) groups is 1. The maximum atomic E-state index is 13.2. The molecule has 1 aromatic carbocycles. The van der Waals surface area contributed by atoms with E-state index in [1.54, 1.807) is 30.8 Å². The third-order valence-electron chi connectivity index (χ3n) is 5.69. The van der Waals surface area contributed by atoms with Gasteiger partial charge in [-0.1, -0.05) is 55.5 Å². The molecule has 0 unspecified atom stereocenters. The lowest BCUT2D eigenvalue weighted by Crippen LogP contribution is -2.29. The maximum absolute atomic E-state index is 13.2. The van der Waals surface area contributed by atoms with Crippen LogP contribution in [0, 0.1) is 18.3 Å². The van der Waals surface area contributed by atoms with Crippen LogP contribution >= 0.6 is 24.0 Å². The molecule has 1 aliphatic rings. The van der Waals surface area contributed by atoms with E-state index in [0.717, 1.165) is 24.2 Å². The van der Waals surface area contributed by atoms with Crippen LogP contribution in [0.2, 0.25) is 0 Å². The number of carbonyl (C=O) groups excluding carboxylic acids is 1. The van der Waals surface area contributed by atoms with E-state index in [-0.39, 0.29) is 17.0 Å². The van der Waals surface area contributed by atoms with Crippen molar-refractivity contribution >= 4 is 46.1 Å². The monoisotopic (exact) mass is 508 g/mol. The van der Waals surface area contributed by atoms with Gasteiger partial charge in [0, 0.05) is 25.2 Å². The van der Waals surface area contributed by atoms with Crippen molar-refractivity contribution in [1.82, 2.24) is 9.47 Å². The van der Waals surface area contributed by atoms with Gasteiger partial charge < -0.3 is 10.1 Å². The Kier molecular flexibility index (Phi) is 8.90. The lowest BCUT2D eigenvalue weighted by atomic mass is 10.0. The van der Waals surface area contributed by atoms with Crippen molar-refractivity contribution in [3.63, 3.8) is 0 Å². The van der Waals surface area contributed by atoms with E-state index >= 15 is 0 Å². The number of methoxy groups -OCH3 is 1. The van der Waals surface area contributed by atoms with Gasteiger partial charge in [-0.15, -0.1) is 6.58 Å². The fourth-order valence-corrected chi connectivity index (χ4v) is 4.99. The highest BCUT2D eigenvalue weighted by Crippen LogP contribution is 2.35. The van der Waals surface area contributed by atoms with E-state index in [1.807, 2.05) is 31.2 Å². The zero-order chi connectivity index (χ0) is 25.5. The Labute approximate surface area is 215 Å². The Morgan fingerprint density at radius 2 is 2.00 bits per heavy atom. The second-order valence-corrected chi connectivity index (χ2v) is 9.64. The number of rotatable bonds is 10. The molecule has 1 fully saturated rings. The molecule has 0 saturated carbocycles. The smallest absolute Gasteiger partial charge is 0.270 e. The molecule has 2 heterocycles. The van der Waals surface area contributed by atoms with Crippen LogP contribution in [0.25, 0.3) is 6.08 Å². The zero-order valence-corrected chi connectivity index (χ0v) is 21.7. The minimum Gasteiger partial charge on any atom is -0.497 e. The summed E-state index contributed by atoms with van der Waals surface area (Å²) in [6, 6.07) is 9.69. The fraction of sp³-hybridized carbons (Fsp3) is 0.308. The van der Waals surface area contributed by atoms with Crippen LogP contribution in [-0.2, 0) is 17.9 Å². The second-order valence-electron chi connectivity index (χ2n) is 7.97. The summed E-state index contributed by atoms with van der Waals surface area (Å²) in [5.74, 6) is 1.11. The van der Waals surface area contributed by atoms with Gasteiger partial charge in [-0.05, 0) is 42.7 Å². The van der Waals surface area contributed by atoms with E-state index < -0.39 is 0 Å². The van der Waals surface area contributed by atoms with Crippen LogP contribution in [0.1, 0.15) is 42.0 Å². The zero-order valence-electron chi connectivity index (χ0n) is 20.1. The number of unbranched alkanes of at least 4 members (excludes halogenated alkanes) is 1. The number of ether oxygens (including phenoxy) is 1. The first-order valence-electron chi connectivity index (χ1n) is 11.3. The van der Waals surface area contributed by atoms with Crippen molar-refractivity contribution < 1.29 is 9.53 Å². The molecule has 0 atom stereocenters. The van der Waals surface area contributed by atoms with Gasteiger partial charge >= 0.3 is 0 Å². The highest BCUT2D eigenvalue weighted by atomic mass is 32.2. The Hall–Kier alpha value is -3.35. The highest BCUT2D eigenvalue weighted by molar-refractivity contribution is 8.26. The molecule has 0 spiro atoms. The Morgan fingerprint density at radius 1 is 1.29 bits per heavy atom. The number of amides is 1. The lowest BCUT2D eigenvalue weighted by Gasteiger charge is -2.20. The number of nitrogens with zero attached hydrogens (tertiary/aromatic N) is 3. The molecular weight excluding hydrogens is 480 g/mol. The average molecular weight is 509 g/mol. The Balaban J connectivity index is 2.13. The van der Waals surface area contributed by atoms with Gasteiger partial charge in [0.05, 0.1) is 12.0 Å². The van der Waals surface area contributed by atoms with Crippen LogP contribution in [-0.4, -0.2) is 33.3 Å². The molecule has 7 nitrogen and oxygen atoms in total. The third-order valence-corrected chi connectivity index (χ3v) is 7.07. The highest BCUT2D eigenvalue weighted by Gasteiger charge is 2.32. The van der Waals surface area contributed by atoms with Gasteiger partial charge in [0.25, 0.3) is 11.5 Å². The van der Waals surface area contributed by atoms with Crippen molar-refractivity contribution in [3.8, 4) is 11.8 Å². The minimum absolute atomic E-state index is 0.0731. The van der Waals surface area contributed by atoms with Crippen molar-refractivity contribution in [2.24, 2.45) is 0 Å². The van der Waals surface area contributed by atoms with E-state index in [1.165, 1.54) is 16.7 Å². The average Bonchev–Trinajstić information content (AvgIpc) is 3.12. The first-order chi connectivity index (χ1) is 16.9. The summed E-state index contributed by atoms with van der Waals surface area (Å²) in [7, 11) is 1.61. The van der Waals surface area contributed by atoms with Gasteiger partial charge in [0.1, 0.15) is 27.5 Å². The van der Waals surface area contributed by atoms with Crippen LogP contribution < -0.4 is 15.6 Å². The van der Waals surface area contributed by atoms with Gasteiger partial charge in [-0.25, -0.2) is 0 Å². The predicted octanol–water partition coefficient (Wildman–Crippen LogP) is 4.84. The summed E-state index contributed by atoms with van der Waals surface area (Å²) in [5, 5.41) is 13.2. The van der Waals surface area contributed by atoms with Crippen LogP contribution in [0.15, 0.2) is 46.6 Å². The number of pyridine rings is 1. The molecule has 1 saturated heterocycles. The minimum atomic E-state index is -0.341. The molecule has 182 valence electrons. The van der Waals surface area contributed by atoms with E-state index in [2.05, 4.69) is 18.0 Å². The molecule has 3 rings (SSSR count). The number of thiocarbonyl (C=S) groups is 1. The van der Waals surface area contributed by atoms with E-state index in [4.69, 9.17) is 17.0 Å². The fourth-order valence-electron chi connectivity index (χ4n) is 3.73. The number of benzene rings is 1. The number of hydrogen-bond donors (Lipinski definition) is 1. The normalized spacial score (nSPS) is 14.3. The SMILES string of the molecule is C=CCN1C(=O)/C(=C\c2c(C)c(C#N)c(=O)n(CCCC)c2NCc2ccc(OC)cc2)SC1=S. The molecule has 0 aliphatic carbocycles. The van der Waals surface area contributed by atoms with Gasteiger partial charge in [0.2, 0.25) is 0 Å². The first kappa shape index (κ1) is 26.3. The van der Waals surface area contributed by atoms with Crippen molar-refractivity contribution in [1.29, 1.82) is 5.26 Å². The number of nitrogens with one attached hydrogen (secondary N) is 1. The quantitative estimate of drug-likeness (QED) is 0.279. The third kappa shape index (κ3) is 5.66. The van der Waals surface area contributed by atoms with Crippen molar-refractivity contribution in [2.75, 3.05) is 19.0 Å². The Morgan fingerprint density at radius 3 is 2.60 bits per heavy atom. The standard InChI is InChI=1S/C26H28N4O3S2/c1-5-7-13-29-23(28-16-18-8-10-19(33-4)11-9-18)20(17(3)21(15-27)24(29)31)14-22-25(32)30(12-6-2)26(34)35-22/h6,8-11,14,28H,2,5,7,12-13,16H2,1,3-4H3/b22-14+. The van der Waals surface area contributed by atoms with E-state index in [0.29, 0.717) is 45.8 Å². The first-order valence-corrected chi connectivity index (χ1v) is 12.5. The molecule has 0 radical (unpaired) electrons. The largest absolute Gasteiger partial charge is 0.497 e. The summed E-state index contributed by atoms with van der Waals surface area (Å²) < 4.78 is 7.29. The van der Waals surface area contributed by atoms with Gasteiger partial charge in [-0.3, -0.25) is 19.1 Å². The molecule has 1 N–H and O–H groups in total. The predicted molar refractivity (Wildman–Crippen MR) is 145 cm³/mol. The molecule has 1 aromatic heterocycles. The molecular formula is C26H28N4O3S2. The number of hydrogen-bond acceptors (Lipinski definition) is 7. The van der Waals surface area contributed by atoms with Gasteiger partial charge in [0.15, 0.2) is 0 Å². The van der Waals surface area contributed by atoms with Gasteiger partial charge in [-0.2, -0.15) is 5.26 Å². The number of aromatic nitrogens is 1. The molecule has 0 bridgehead atoms. The van der Waals surface area contributed by atoms with Crippen molar-refractivity contribution in [2.45, 2.75) is 39.8 Å². The molecule has 35 heavy (non-hydrogen) atoms. The summed E-state index contributed by atoms with van der Waals surface area (Å²) in [6.07, 6.45) is 5.01. The summed E-state index contributed by atoms with van der Waals surface area (Å²) in [5.41, 5.74) is 1.88. The van der Waals surface area contributed by atoms with Crippen LogP contribution in [0.4, 0.5) is 5.82 Å². The lowest BCUT2D eigenvalue weighted by molar-refractivity contribution is -0.121. The molecule has 1 amide bonds. The van der Waals surface area contributed by atoms with E-state index in [9.17, 15) is 14.9 Å². The summed E-state index contributed by atoms with van der Waals surface area (Å²) in [4.78, 5) is 28.1. The number of anilines is 1. The Bertz CT molecular complexity index is 1270. The molecule has 9 heteroatoms. The summed E-state index contributed by atoms with van der Waals surface area (Å²) in [6.45, 7) is 8.69. The second kappa shape index (κ2) is 11.9. The molecule has 2 aromatic rings. The van der Waals surface area contributed by atoms with Crippen LogP contribution in [0.3, 0.4) is 0 Å². The topological polar surface area (TPSA) is 87.4 Å². The van der Waals surface area contributed by atoms with Crippen molar-refractivity contribution in [3.05, 3.63) is 74.4 Å². The number of nitriles is 1. The maximum Gasteiger partial charge on any atom is 0.270 e. The summed E-state index contributed by atoms with van der Waals surface area (Å²) >= 11 is 6.58.